The van der Waals surface area contributed by atoms with Crippen LogP contribution in [0, 0.1) is 0 Å². The Bertz CT molecular complexity index is 835. The number of hydrogen-bond donors (Lipinski definition) is 0. The molecule has 106 valence electrons. The van der Waals surface area contributed by atoms with E-state index in [4.69, 9.17) is 20.8 Å². The van der Waals surface area contributed by atoms with E-state index in [1.807, 2.05) is 19.1 Å². The lowest BCUT2D eigenvalue weighted by Gasteiger charge is -2.06. The van der Waals surface area contributed by atoms with E-state index in [2.05, 4.69) is 0 Å². The fourth-order valence-corrected chi connectivity index (χ4v) is 2.27. The molecular formula is C17H13ClO3. The van der Waals surface area contributed by atoms with Crippen molar-refractivity contribution in [2.24, 2.45) is 0 Å². The minimum absolute atomic E-state index is 0.0947. The summed E-state index contributed by atoms with van der Waals surface area (Å²) in [5.74, 6) is 1.19. The van der Waals surface area contributed by atoms with Crippen LogP contribution in [0.5, 0.6) is 5.75 Å². The van der Waals surface area contributed by atoms with E-state index in [1.165, 1.54) is 6.07 Å². The van der Waals surface area contributed by atoms with Crippen molar-refractivity contribution >= 4 is 22.6 Å². The predicted molar refractivity (Wildman–Crippen MR) is 84.1 cm³/mol. The Labute approximate surface area is 126 Å². The van der Waals surface area contributed by atoms with Crippen molar-refractivity contribution in [3.05, 3.63) is 63.8 Å². The van der Waals surface area contributed by atoms with Gasteiger partial charge >= 0.3 is 0 Å². The molecule has 0 N–H and O–H groups in total. The number of benzene rings is 2. The Kier molecular flexibility index (Phi) is 3.67. The Morgan fingerprint density at radius 2 is 1.86 bits per heavy atom. The minimum Gasteiger partial charge on any atom is -0.494 e. The number of fused-ring (bicyclic) bond motifs is 1. The van der Waals surface area contributed by atoms with Gasteiger partial charge in [-0.15, -0.1) is 0 Å². The summed E-state index contributed by atoms with van der Waals surface area (Å²) in [6, 6.07) is 13.9. The fraction of sp³-hybridized carbons (Fsp3) is 0.118. The Morgan fingerprint density at radius 3 is 2.57 bits per heavy atom. The first-order valence-corrected chi connectivity index (χ1v) is 7.02. The molecule has 4 heteroatoms. The highest BCUT2D eigenvalue weighted by Crippen LogP contribution is 2.25. The summed E-state index contributed by atoms with van der Waals surface area (Å²) in [6.45, 7) is 2.45. The second-order valence-corrected chi connectivity index (χ2v) is 5.01. The van der Waals surface area contributed by atoms with Crippen LogP contribution in [0.1, 0.15) is 6.92 Å². The summed E-state index contributed by atoms with van der Waals surface area (Å²) < 4.78 is 11.2. The maximum absolute atomic E-state index is 12.3. The van der Waals surface area contributed by atoms with Crippen molar-refractivity contribution in [2.75, 3.05) is 6.61 Å². The summed E-state index contributed by atoms with van der Waals surface area (Å²) in [7, 11) is 0. The molecule has 0 aliphatic carbocycles. The maximum atomic E-state index is 12.3. The highest BCUT2D eigenvalue weighted by Gasteiger charge is 2.08. The molecule has 3 nitrogen and oxygen atoms in total. The van der Waals surface area contributed by atoms with E-state index in [0.717, 1.165) is 5.56 Å². The van der Waals surface area contributed by atoms with Gasteiger partial charge in [-0.3, -0.25) is 4.79 Å². The summed E-state index contributed by atoms with van der Waals surface area (Å²) in [6.07, 6.45) is 0. The monoisotopic (exact) mass is 300 g/mol. The molecule has 0 spiro atoms. The van der Waals surface area contributed by atoms with E-state index >= 15 is 0 Å². The zero-order chi connectivity index (χ0) is 14.8. The smallest absolute Gasteiger partial charge is 0.193 e. The molecule has 21 heavy (non-hydrogen) atoms. The summed E-state index contributed by atoms with van der Waals surface area (Å²) >= 11 is 5.87. The van der Waals surface area contributed by atoms with Crippen LogP contribution < -0.4 is 10.2 Å². The number of ether oxygens (including phenoxy) is 1. The quantitative estimate of drug-likeness (QED) is 0.714. The third kappa shape index (κ3) is 2.78. The molecule has 2 aromatic carbocycles. The normalized spacial score (nSPS) is 10.8. The topological polar surface area (TPSA) is 39.4 Å². The third-order valence-corrected chi connectivity index (χ3v) is 3.39. The van der Waals surface area contributed by atoms with Gasteiger partial charge in [0.05, 0.1) is 12.0 Å². The average molecular weight is 301 g/mol. The molecule has 1 heterocycles. The van der Waals surface area contributed by atoms with Crippen LogP contribution in [0.25, 0.3) is 22.3 Å². The predicted octanol–water partition coefficient (Wildman–Crippen LogP) is 4.51. The van der Waals surface area contributed by atoms with Gasteiger partial charge in [-0.1, -0.05) is 11.6 Å². The van der Waals surface area contributed by atoms with Crippen LogP contribution in [-0.4, -0.2) is 6.61 Å². The molecule has 0 unspecified atom stereocenters. The molecule has 0 aliphatic rings. The molecule has 0 bridgehead atoms. The van der Waals surface area contributed by atoms with Gasteiger partial charge in [0.25, 0.3) is 0 Å². The van der Waals surface area contributed by atoms with Gasteiger partial charge in [0.2, 0.25) is 0 Å². The summed E-state index contributed by atoms with van der Waals surface area (Å²) in [5, 5.41) is 1.15. The first-order valence-electron chi connectivity index (χ1n) is 6.64. The molecule has 1 aromatic heterocycles. The number of rotatable bonds is 3. The van der Waals surface area contributed by atoms with E-state index in [9.17, 15) is 4.79 Å². The summed E-state index contributed by atoms with van der Waals surface area (Å²) in [5.41, 5.74) is 1.26. The largest absolute Gasteiger partial charge is 0.494 e. The van der Waals surface area contributed by atoms with Crippen LogP contribution in [0.4, 0.5) is 0 Å². The van der Waals surface area contributed by atoms with Crippen LogP contribution in [0.3, 0.4) is 0 Å². The fourth-order valence-electron chi connectivity index (χ4n) is 2.15. The average Bonchev–Trinajstić information content (AvgIpc) is 2.49. The van der Waals surface area contributed by atoms with Gasteiger partial charge in [0, 0.05) is 16.7 Å². The molecule has 0 atom stereocenters. The molecule has 0 aliphatic heterocycles. The first-order chi connectivity index (χ1) is 10.2. The zero-order valence-electron chi connectivity index (χ0n) is 11.4. The summed E-state index contributed by atoms with van der Waals surface area (Å²) in [4.78, 5) is 12.3. The molecule has 0 radical (unpaired) electrons. The first kappa shape index (κ1) is 13.7. The molecule has 3 aromatic rings. The van der Waals surface area contributed by atoms with Crippen molar-refractivity contribution in [3.8, 4) is 17.1 Å². The minimum atomic E-state index is -0.0947. The van der Waals surface area contributed by atoms with E-state index < -0.39 is 0 Å². The molecular weight excluding hydrogens is 288 g/mol. The van der Waals surface area contributed by atoms with Crippen molar-refractivity contribution in [3.63, 3.8) is 0 Å². The van der Waals surface area contributed by atoms with Crippen LogP contribution in [-0.2, 0) is 0 Å². The lowest BCUT2D eigenvalue weighted by atomic mass is 10.1. The zero-order valence-corrected chi connectivity index (χ0v) is 12.2. The van der Waals surface area contributed by atoms with E-state index in [-0.39, 0.29) is 5.43 Å². The number of halogens is 1. The van der Waals surface area contributed by atoms with Gasteiger partial charge < -0.3 is 9.15 Å². The second kappa shape index (κ2) is 5.62. The van der Waals surface area contributed by atoms with Crippen molar-refractivity contribution in [1.82, 2.24) is 0 Å². The molecule has 0 saturated heterocycles. The van der Waals surface area contributed by atoms with Crippen molar-refractivity contribution in [2.45, 2.75) is 6.92 Å². The number of hydrogen-bond acceptors (Lipinski definition) is 3. The standard InChI is InChI=1S/C17H13ClO3/c1-2-20-13-7-8-16-14(9-13)15(19)10-17(21-16)11-3-5-12(18)6-4-11/h3-10H,2H2,1H3. The Morgan fingerprint density at radius 1 is 1.10 bits per heavy atom. The van der Waals surface area contributed by atoms with Crippen molar-refractivity contribution in [1.29, 1.82) is 0 Å². The highest BCUT2D eigenvalue weighted by atomic mass is 35.5. The van der Waals surface area contributed by atoms with Crippen LogP contribution in [0.2, 0.25) is 5.02 Å². The molecule has 0 fully saturated rings. The van der Waals surface area contributed by atoms with Gasteiger partial charge in [0.15, 0.2) is 5.43 Å². The van der Waals surface area contributed by atoms with Gasteiger partial charge in [-0.05, 0) is 49.4 Å². The SMILES string of the molecule is CCOc1ccc2oc(-c3ccc(Cl)cc3)cc(=O)c2c1. The van der Waals surface area contributed by atoms with Gasteiger partial charge in [0.1, 0.15) is 17.1 Å². The van der Waals surface area contributed by atoms with E-state index in [1.54, 1.807) is 30.3 Å². The van der Waals surface area contributed by atoms with Crippen LogP contribution >= 0.6 is 11.6 Å². The molecule has 0 saturated carbocycles. The lowest BCUT2D eigenvalue weighted by molar-refractivity contribution is 0.340. The second-order valence-electron chi connectivity index (χ2n) is 4.57. The molecule has 0 amide bonds. The highest BCUT2D eigenvalue weighted by molar-refractivity contribution is 6.30. The maximum Gasteiger partial charge on any atom is 0.193 e. The van der Waals surface area contributed by atoms with Crippen molar-refractivity contribution < 1.29 is 9.15 Å². The van der Waals surface area contributed by atoms with E-state index in [0.29, 0.717) is 34.1 Å². The third-order valence-electron chi connectivity index (χ3n) is 3.14. The lowest BCUT2D eigenvalue weighted by Crippen LogP contribution is -2.01. The van der Waals surface area contributed by atoms with Gasteiger partial charge in [-0.2, -0.15) is 0 Å². The van der Waals surface area contributed by atoms with Gasteiger partial charge in [-0.25, -0.2) is 0 Å². The Balaban J connectivity index is 2.13. The molecule has 3 rings (SSSR count). The van der Waals surface area contributed by atoms with Crippen LogP contribution in [0.15, 0.2) is 57.7 Å². The Hall–Kier alpha value is -2.26.